The molecule has 2 amide bonds. The smallest absolute Gasteiger partial charge is 0.247 e. The number of halogens is 3. The predicted octanol–water partition coefficient (Wildman–Crippen LogP) is 3.17. The summed E-state index contributed by atoms with van der Waals surface area (Å²) in [7, 11) is 0. The minimum absolute atomic E-state index is 0.130. The first-order valence-electron chi connectivity index (χ1n) is 10.0. The SMILES string of the molecule is C[C@H](C(=O)N[C@@H](C)C1CCC(F)CC1F)C1=CC2C(F)CCCC2NC1=O. The molecule has 2 fully saturated rings. The van der Waals surface area contributed by atoms with E-state index in [1.807, 2.05) is 0 Å². The van der Waals surface area contributed by atoms with Crippen LogP contribution in [0.25, 0.3) is 0 Å². The highest BCUT2D eigenvalue weighted by molar-refractivity contribution is 6.01. The molecular weight excluding hydrogens is 357 g/mol. The number of rotatable bonds is 4. The second kappa shape index (κ2) is 8.23. The van der Waals surface area contributed by atoms with Crippen LogP contribution in [-0.4, -0.2) is 42.4 Å². The van der Waals surface area contributed by atoms with Crippen LogP contribution in [0.3, 0.4) is 0 Å². The number of fused-ring (bicyclic) bond motifs is 1. The number of carbonyl (C=O) groups is 2. The van der Waals surface area contributed by atoms with Gasteiger partial charge in [0.2, 0.25) is 11.8 Å². The standard InChI is InChI=1S/C20H29F3N2O2/c1-10(14-9-15-16(22)4-3-5-18(15)25-20(14)27)19(26)24-11(2)13-7-6-12(21)8-17(13)23/h9-13,15-18H,3-8H2,1-2H3,(H,24,26)(H,25,27)/t10-,11-,12?,13?,15?,16?,17?,18?/m0/s1. The molecule has 1 heterocycles. The highest BCUT2D eigenvalue weighted by Gasteiger charge is 2.40. The number of hydrogen-bond donors (Lipinski definition) is 2. The lowest BCUT2D eigenvalue weighted by molar-refractivity contribution is -0.128. The molecule has 3 rings (SSSR count). The first-order valence-corrected chi connectivity index (χ1v) is 10.0. The number of nitrogens with one attached hydrogen (secondary N) is 2. The first kappa shape index (κ1) is 20.2. The third-order valence-electron chi connectivity index (χ3n) is 6.46. The zero-order valence-corrected chi connectivity index (χ0v) is 15.9. The molecule has 0 aromatic heterocycles. The summed E-state index contributed by atoms with van der Waals surface area (Å²) in [6, 6.07) is -0.659. The van der Waals surface area contributed by atoms with Crippen molar-refractivity contribution in [2.75, 3.05) is 0 Å². The summed E-state index contributed by atoms with van der Waals surface area (Å²) in [6.45, 7) is 3.32. The summed E-state index contributed by atoms with van der Waals surface area (Å²) in [5, 5.41) is 5.61. The lowest BCUT2D eigenvalue weighted by Gasteiger charge is -2.38. The fourth-order valence-corrected chi connectivity index (χ4v) is 4.69. The van der Waals surface area contributed by atoms with Crippen LogP contribution in [0.1, 0.15) is 52.4 Å². The second-order valence-corrected chi connectivity index (χ2v) is 8.34. The van der Waals surface area contributed by atoms with Crippen LogP contribution in [0, 0.1) is 17.8 Å². The maximum atomic E-state index is 14.2. The second-order valence-electron chi connectivity index (χ2n) is 8.34. The summed E-state index contributed by atoms with van der Waals surface area (Å²) in [6.07, 6.45) is 0.703. The maximum Gasteiger partial charge on any atom is 0.247 e. The average molecular weight is 386 g/mol. The van der Waals surface area contributed by atoms with E-state index in [0.717, 1.165) is 12.8 Å². The van der Waals surface area contributed by atoms with E-state index < -0.39 is 42.3 Å². The molecule has 152 valence electrons. The molecule has 3 aliphatic rings. The Balaban J connectivity index is 1.65. The lowest BCUT2D eigenvalue weighted by atomic mass is 9.77. The lowest BCUT2D eigenvalue weighted by Crippen LogP contribution is -2.52. The molecule has 0 aromatic rings. The van der Waals surface area contributed by atoms with Crippen molar-refractivity contribution in [1.29, 1.82) is 0 Å². The summed E-state index contributed by atoms with van der Waals surface area (Å²) < 4.78 is 41.7. The van der Waals surface area contributed by atoms with Gasteiger partial charge in [0.1, 0.15) is 18.5 Å². The Hall–Kier alpha value is -1.53. The van der Waals surface area contributed by atoms with Gasteiger partial charge in [0.25, 0.3) is 0 Å². The van der Waals surface area contributed by atoms with Crippen molar-refractivity contribution in [1.82, 2.24) is 10.6 Å². The molecule has 0 saturated heterocycles. The Labute approximate surface area is 158 Å². The molecule has 27 heavy (non-hydrogen) atoms. The summed E-state index contributed by atoms with van der Waals surface area (Å²) in [4.78, 5) is 25.0. The summed E-state index contributed by atoms with van der Waals surface area (Å²) in [5.74, 6) is -2.29. The fraction of sp³-hybridized carbons (Fsp3) is 0.800. The summed E-state index contributed by atoms with van der Waals surface area (Å²) >= 11 is 0. The van der Waals surface area contributed by atoms with E-state index in [1.54, 1.807) is 19.9 Å². The molecule has 0 spiro atoms. The van der Waals surface area contributed by atoms with Gasteiger partial charge in [-0.15, -0.1) is 0 Å². The van der Waals surface area contributed by atoms with E-state index >= 15 is 0 Å². The third-order valence-corrected chi connectivity index (χ3v) is 6.46. The predicted molar refractivity (Wildman–Crippen MR) is 96.2 cm³/mol. The Bertz CT molecular complexity index is 612. The molecular formula is C20H29F3N2O2. The van der Waals surface area contributed by atoms with Gasteiger partial charge in [-0.1, -0.05) is 6.08 Å². The van der Waals surface area contributed by atoms with Crippen molar-refractivity contribution in [3.8, 4) is 0 Å². The van der Waals surface area contributed by atoms with E-state index in [4.69, 9.17) is 0 Å². The zero-order chi connectivity index (χ0) is 19.7. The molecule has 8 atom stereocenters. The molecule has 6 unspecified atom stereocenters. The Kier molecular flexibility index (Phi) is 6.16. The van der Waals surface area contributed by atoms with Crippen molar-refractivity contribution in [2.45, 2.75) is 83.0 Å². The first-order chi connectivity index (χ1) is 12.8. The van der Waals surface area contributed by atoms with Gasteiger partial charge in [0, 0.05) is 35.9 Å². The van der Waals surface area contributed by atoms with E-state index in [0.29, 0.717) is 19.3 Å². The van der Waals surface area contributed by atoms with Gasteiger partial charge >= 0.3 is 0 Å². The normalized spacial score (nSPS) is 38.9. The largest absolute Gasteiger partial charge is 0.353 e. The van der Waals surface area contributed by atoms with Crippen LogP contribution in [0.4, 0.5) is 13.2 Å². The molecule has 0 radical (unpaired) electrons. The van der Waals surface area contributed by atoms with Crippen LogP contribution in [-0.2, 0) is 9.59 Å². The van der Waals surface area contributed by atoms with Crippen LogP contribution in [0.5, 0.6) is 0 Å². The molecule has 2 saturated carbocycles. The molecule has 4 nitrogen and oxygen atoms in total. The van der Waals surface area contributed by atoms with Crippen molar-refractivity contribution >= 4 is 11.8 Å². The average Bonchev–Trinajstić information content (AvgIpc) is 2.60. The fourth-order valence-electron chi connectivity index (χ4n) is 4.69. The zero-order valence-electron chi connectivity index (χ0n) is 15.9. The number of hydrogen-bond acceptors (Lipinski definition) is 2. The number of carbonyl (C=O) groups excluding carboxylic acids is 2. The topological polar surface area (TPSA) is 58.2 Å². The van der Waals surface area contributed by atoms with Gasteiger partial charge in [-0.05, 0) is 46.0 Å². The summed E-state index contributed by atoms with van der Waals surface area (Å²) in [5.41, 5.74) is 0.273. The quantitative estimate of drug-likeness (QED) is 0.780. The highest BCUT2D eigenvalue weighted by Crippen LogP contribution is 2.34. The van der Waals surface area contributed by atoms with Gasteiger partial charge in [0.15, 0.2) is 0 Å². The van der Waals surface area contributed by atoms with Crippen molar-refractivity contribution in [3.05, 3.63) is 11.6 Å². The van der Waals surface area contributed by atoms with Gasteiger partial charge < -0.3 is 10.6 Å². The van der Waals surface area contributed by atoms with Crippen molar-refractivity contribution < 1.29 is 22.8 Å². The van der Waals surface area contributed by atoms with Crippen LogP contribution in [0.2, 0.25) is 0 Å². The van der Waals surface area contributed by atoms with Crippen LogP contribution >= 0.6 is 0 Å². The van der Waals surface area contributed by atoms with E-state index in [1.165, 1.54) is 0 Å². The minimum atomic E-state index is -1.29. The van der Waals surface area contributed by atoms with E-state index in [2.05, 4.69) is 10.6 Å². The van der Waals surface area contributed by atoms with Gasteiger partial charge in [0.05, 0.1) is 5.92 Å². The van der Waals surface area contributed by atoms with Crippen LogP contribution < -0.4 is 10.6 Å². The molecule has 0 bridgehead atoms. The monoisotopic (exact) mass is 386 g/mol. The number of alkyl halides is 3. The Morgan fingerprint density at radius 1 is 1.15 bits per heavy atom. The van der Waals surface area contributed by atoms with Gasteiger partial charge in [-0.2, -0.15) is 0 Å². The molecule has 7 heteroatoms. The number of amides is 2. The third kappa shape index (κ3) is 4.32. The van der Waals surface area contributed by atoms with Gasteiger partial charge in [-0.3, -0.25) is 9.59 Å². The Morgan fingerprint density at radius 2 is 1.89 bits per heavy atom. The molecule has 2 N–H and O–H groups in total. The molecule has 2 aliphatic carbocycles. The van der Waals surface area contributed by atoms with Crippen LogP contribution in [0.15, 0.2) is 11.6 Å². The highest BCUT2D eigenvalue weighted by atomic mass is 19.1. The van der Waals surface area contributed by atoms with Gasteiger partial charge in [-0.25, -0.2) is 13.2 Å². The van der Waals surface area contributed by atoms with Crippen molar-refractivity contribution in [2.24, 2.45) is 17.8 Å². The molecule has 0 aromatic carbocycles. The minimum Gasteiger partial charge on any atom is -0.353 e. The Morgan fingerprint density at radius 3 is 2.59 bits per heavy atom. The van der Waals surface area contributed by atoms with E-state index in [9.17, 15) is 22.8 Å². The van der Waals surface area contributed by atoms with Crippen molar-refractivity contribution in [3.63, 3.8) is 0 Å². The molecule has 1 aliphatic heterocycles. The maximum absolute atomic E-state index is 14.2. The van der Waals surface area contributed by atoms with E-state index in [-0.39, 0.29) is 29.9 Å².